The Labute approximate surface area is 207 Å². The summed E-state index contributed by atoms with van der Waals surface area (Å²) in [7, 11) is -3.47. The molecule has 1 fully saturated rings. The van der Waals surface area contributed by atoms with E-state index < -0.39 is 27.6 Å². The van der Waals surface area contributed by atoms with Crippen molar-refractivity contribution >= 4 is 33.0 Å². The highest BCUT2D eigenvalue weighted by Crippen LogP contribution is 2.32. The van der Waals surface area contributed by atoms with Gasteiger partial charge in [0.1, 0.15) is 5.69 Å². The number of carbonyl (C=O) groups excluding carboxylic acids is 1. The fraction of sp³-hybridized carbons (Fsp3) is 0.409. The average Bonchev–Trinajstić information content (AvgIpc) is 3.55. The molecule has 0 aliphatic heterocycles. The van der Waals surface area contributed by atoms with E-state index in [4.69, 9.17) is 4.74 Å². The molecule has 0 aromatic carbocycles. The molecule has 3 heterocycles. The van der Waals surface area contributed by atoms with Crippen LogP contribution in [0.2, 0.25) is 0 Å². The minimum atomic E-state index is -3.47. The summed E-state index contributed by atoms with van der Waals surface area (Å²) in [6, 6.07) is 2.09. The van der Waals surface area contributed by atoms with Crippen LogP contribution in [-0.2, 0) is 10.0 Å². The third-order valence-electron chi connectivity index (χ3n) is 5.14. The molecule has 186 valence electrons. The number of aromatic nitrogens is 4. The monoisotopic (exact) mass is 518 g/mol. The number of pyridine rings is 1. The summed E-state index contributed by atoms with van der Waals surface area (Å²) in [5.74, 6) is -0.150. The van der Waals surface area contributed by atoms with Gasteiger partial charge in [-0.3, -0.25) is 19.5 Å². The SMILES string of the molecule is CCOc1cncc(-c2cnc(C(=O)N[C@H](c3cc(NS(=O)(=O)C4CC4)ccn3)C(C)(C)O)s2)n1. The van der Waals surface area contributed by atoms with Crippen LogP contribution in [0.1, 0.15) is 55.2 Å². The number of amides is 1. The molecule has 4 rings (SSSR count). The van der Waals surface area contributed by atoms with Crippen LogP contribution < -0.4 is 14.8 Å². The van der Waals surface area contributed by atoms with E-state index in [-0.39, 0.29) is 10.3 Å². The van der Waals surface area contributed by atoms with Crippen molar-refractivity contribution in [2.24, 2.45) is 0 Å². The third-order valence-corrected chi connectivity index (χ3v) is 8.03. The molecule has 0 bridgehead atoms. The highest BCUT2D eigenvalue weighted by atomic mass is 32.2. The smallest absolute Gasteiger partial charge is 0.280 e. The first kappa shape index (κ1) is 24.9. The van der Waals surface area contributed by atoms with Crippen molar-refractivity contribution in [3.05, 3.63) is 47.6 Å². The molecule has 3 aromatic heterocycles. The van der Waals surface area contributed by atoms with E-state index in [1.54, 1.807) is 6.20 Å². The zero-order valence-electron chi connectivity index (χ0n) is 19.4. The predicted octanol–water partition coefficient (Wildman–Crippen LogP) is 2.54. The van der Waals surface area contributed by atoms with Crippen LogP contribution in [0, 0.1) is 0 Å². The quantitative estimate of drug-likeness (QED) is 0.367. The molecule has 0 saturated heterocycles. The Morgan fingerprint density at radius 1 is 1.29 bits per heavy atom. The second-order valence-electron chi connectivity index (χ2n) is 8.58. The molecule has 11 nitrogen and oxygen atoms in total. The minimum absolute atomic E-state index is 0.156. The van der Waals surface area contributed by atoms with Crippen molar-refractivity contribution in [3.8, 4) is 16.5 Å². The fourth-order valence-corrected chi connectivity index (χ4v) is 5.44. The van der Waals surface area contributed by atoms with Crippen molar-refractivity contribution in [1.29, 1.82) is 0 Å². The Balaban J connectivity index is 1.54. The second-order valence-corrected chi connectivity index (χ2v) is 11.6. The van der Waals surface area contributed by atoms with Crippen molar-refractivity contribution in [2.45, 2.75) is 50.5 Å². The van der Waals surface area contributed by atoms with Gasteiger partial charge in [-0.05, 0) is 45.7 Å². The van der Waals surface area contributed by atoms with Gasteiger partial charge in [-0.2, -0.15) is 0 Å². The van der Waals surface area contributed by atoms with Gasteiger partial charge in [0.15, 0.2) is 5.01 Å². The standard InChI is InChI=1S/C22H26N6O5S2/c1-4-33-18-12-23-10-16(26-18)17-11-25-21(34-17)20(29)27-19(22(2,3)30)15-9-13(7-8-24-15)28-35(31,32)14-5-6-14/h7-12,14,19,30H,4-6H2,1-3H3,(H,24,28)(H,27,29)/t19-/m1/s1. The van der Waals surface area contributed by atoms with E-state index in [1.807, 2.05) is 6.92 Å². The molecule has 0 spiro atoms. The lowest BCUT2D eigenvalue weighted by Gasteiger charge is -2.29. The van der Waals surface area contributed by atoms with Crippen LogP contribution in [0.25, 0.3) is 10.6 Å². The number of nitrogens with one attached hydrogen (secondary N) is 2. The highest BCUT2D eigenvalue weighted by Gasteiger charge is 2.36. The maximum Gasteiger partial charge on any atom is 0.280 e. The zero-order valence-corrected chi connectivity index (χ0v) is 21.1. The molecule has 1 aliphatic carbocycles. The lowest BCUT2D eigenvalue weighted by Crippen LogP contribution is -2.42. The van der Waals surface area contributed by atoms with Gasteiger partial charge in [-0.25, -0.2) is 18.4 Å². The van der Waals surface area contributed by atoms with Crippen LogP contribution in [0.4, 0.5) is 5.69 Å². The van der Waals surface area contributed by atoms with Crippen LogP contribution in [0.3, 0.4) is 0 Å². The van der Waals surface area contributed by atoms with Crippen LogP contribution >= 0.6 is 11.3 Å². The van der Waals surface area contributed by atoms with Crippen molar-refractivity contribution in [3.63, 3.8) is 0 Å². The number of ether oxygens (including phenoxy) is 1. The molecular weight excluding hydrogens is 492 g/mol. The lowest BCUT2D eigenvalue weighted by atomic mass is 9.95. The van der Waals surface area contributed by atoms with Crippen LogP contribution in [0.5, 0.6) is 5.88 Å². The van der Waals surface area contributed by atoms with Gasteiger partial charge in [0.2, 0.25) is 15.9 Å². The largest absolute Gasteiger partial charge is 0.477 e. The normalized spacial score (nSPS) is 14.9. The number of rotatable bonds is 10. The number of aliphatic hydroxyl groups is 1. The Hall–Kier alpha value is -3.16. The molecule has 35 heavy (non-hydrogen) atoms. The molecule has 0 radical (unpaired) electrons. The van der Waals surface area contributed by atoms with E-state index in [2.05, 4.69) is 30.0 Å². The number of sulfonamides is 1. The number of hydrogen-bond acceptors (Lipinski definition) is 10. The second kappa shape index (κ2) is 9.84. The van der Waals surface area contributed by atoms with Gasteiger partial charge in [0.25, 0.3) is 5.91 Å². The summed E-state index contributed by atoms with van der Waals surface area (Å²) in [4.78, 5) is 30.6. The molecular formula is C22H26N6O5S2. The highest BCUT2D eigenvalue weighted by molar-refractivity contribution is 7.93. The number of thiazole rings is 1. The summed E-state index contributed by atoms with van der Waals surface area (Å²) in [5, 5.41) is 13.3. The molecule has 1 amide bonds. The van der Waals surface area contributed by atoms with E-state index in [9.17, 15) is 18.3 Å². The van der Waals surface area contributed by atoms with Gasteiger partial charge in [0.05, 0.1) is 52.2 Å². The summed E-state index contributed by atoms with van der Waals surface area (Å²) >= 11 is 1.11. The predicted molar refractivity (Wildman–Crippen MR) is 131 cm³/mol. The van der Waals surface area contributed by atoms with Crippen LogP contribution in [0.15, 0.2) is 36.9 Å². The number of anilines is 1. The van der Waals surface area contributed by atoms with E-state index in [0.717, 1.165) is 11.3 Å². The minimum Gasteiger partial charge on any atom is -0.477 e. The van der Waals surface area contributed by atoms with E-state index in [1.165, 1.54) is 44.6 Å². The topological polar surface area (TPSA) is 156 Å². The summed E-state index contributed by atoms with van der Waals surface area (Å²) in [6.07, 6.45) is 7.26. The fourth-order valence-electron chi connectivity index (χ4n) is 3.28. The maximum absolute atomic E-state index is 13.0. The molecule has 0 unspecified atom stereocenters. The van der Waals surface area contributed by atoms with Crippen LogP contribution in [-0.4, -0.2) is 56.8 Å². The molecule has 3 aromatic rings. The Kier molecular flexibility index (Phi) is 7.01. The maximum atomic E-state index is 13.0. The van der Waals surface area contributed by atoms with Crippen molar-refractivity contribution in [1.82, 2.24) is 25.3 Å². The Bertz CT molecular complexity index is 1320. The summed E-state index contributed by atoms with van der Waals surface area (Å²) in [5.41, 5.74) is -0.277. The first-order valence-electron chi connectivity index (χ1n) is 11.0. The first-order valence-corrected chi connectivity index (χ1v) is 13.3. The van der Waals surface area contributed by atoms with Crippen molar-refractivity contribution in [2.75, 3.05) is 11.3 Å². The summed E-state index contributed by atoms with van der Waals surface area (Å²) in [6.45, 7) is 5.35. The number of nitrogens with zero attached hydrogens (tertiary/aromatic N) is 4. The Morgan fingerprint density at radius 3 is 2.74 bits per heavy atom. The summed E-state index contributed by atoms with van der Waals surface area (Å²) < 4.78 is 32.5. The number of carbonyl (C=O) groups is 1. The van der Waals surface area contributed by atoms with Crippen molar-refractivity contribution < 1.29 is 23.1 Å². The zero-order chi connectivity index (χ0) is 25.2. The van der Waals surface area contributed by atoms with Gasteiger partial charge in [0, 0.05) is 12.4 Å². The lowest BCUT2D eigenvalue weighted by molar-refractivity contribution is 0.0330. The third kappa shape index (κ3) is 6.10. The van der Waals surface area contributed by atoms with Gasteiger partial charge in [-0.1, -0.05) is 0 Å². The van der Waals surface area contributed by atoms with Gasteiger partial charge >= 0.3 is 0 Å². The number of hydrogen-bond donors (Lipinski definition) is 3. The molecule has 3 N–H and O–H groups in total. The van der Waals surface area contributed by atoms with E-state index >= 15 is 0 Å². The molecule has 1 aliphatic rings. The van der Waals surface area contributed by atoms with Gasteiger partial charge < -0.3 is 15.2 Å². The van der Waals surface area contributed by atoms with Gasteiger partial charge in [-0.15, -0.1) is 11.3 Å². The molecule has 13 heteroatoms. The average molecular weight is 519 g/mol. The molecule has 1 atom stereocenters. The Morgan fingerprint density at radius 2 is 2.06 bits per heavy atom. The van der Waals surface area contributed by atoms with E-state index in [0.29, 0.717) is 47.3 Å². The first-order chi connectivity index (χ1) is 16.6. The molecule has 1 saturated carbocycles.